The van der Waals surface area contributed by atoms with Crippen LogP contribution in [0.1, 0.15) is 10.8 Å². The topological polar surface area (TPSA) is 27.1 Å². The molecule has 0 amide bonds. The van der Waals surface area contributed by atoms with Crippen LogP contribution in [-0.4, -0.2) is 13.9 Å². The Morgan fingerprint density at radius 1 is 1.23 bits per heavy atom. The van der Waals surface area contributed by atoms with E-state index in [0.29, 0.717) is 15.2 Å². The maximum absolute atomic E-state index is 5.91. The predicted octanol–water partition coefficient (Wildman–Crippen LogP) is 6.90. The van der Waals surface area contributed by atoms with Gasteiger partial charge in [0.05, 0.1) is 11.6 Å². The van der Waals surface area contributed by atoms with Crippen molar-refractivity contribution in [3.8, 4) is 5.75 Å². The quantitative estimate of drug-likeness (QED) is 0.334. The third kappa shape index (κ3) is 5.57. The number of hydrogen-bond donors (Lipinski definition) is 0. The molecule has 8 heteroatoms. The van der Waals surface area contributed by atoms with Crippen LogP contribution in [0.3, 0.4) is 0 Å². The van der Waals surface area contributed by atoms with Crippen molar-refractivity contribution >= 4 is 71.8 Å². The van der Waals surface area contributed by atoms with E-state index in [1.165, 1.54) is 11.8 Å². The molecule has 1 unspecified atom stereocenters. The van der Waals surface area contributed by atoms with Gasteiger partial charge in [-0.25, -0.2) is 4.98 Å². The van der Waals surface area contributed by atoms with Crippen molar-refractivity contribution in [2.45, 2.75) is 11.8 Å². The average Bonchev–Trinajstić information content (AvgIpc) is 3.09. The van der Waals surface area contributed by atoms with Crippen LogP contribution in [0, 0.1) is 0 Å². The third-order valence-electron chi connectivity index (χ3n) is 3.50. The Morgan fingerprint density at radius 3 is 2.65 bits per heavy atom. The summed E-state index contributed by atoms with van der Waals surface area (Å²) in [5, 5.41) is 0.721. The van der Waals surface area contributed by atoms with Crippen molar-refractivity contribution in [2.24, 2.45) is 0 Å². The Balaban J connectivity index is 1.78. The van der Waals surface area contributed by atoms with Gasteiger partial charge in [-0.05, 0) is 54.2 Å². The van der Waals surface area contributed by atoms with Crippen LogP contribution in [0.5, 0.6) is 5.75 Å². The number of aromatic nitrogens is 2. The van der Waals surface area contributed by atoms with Crippen molar-refractivity contribution in [2.75, 3.05) is 0 Å². The summed E-state index contributed by atoms with van der Waals surface area (Å²) in [6.45, 7) is 0.717. The highest BCUT2D eigenvalue weighted by Gasteiger charge is 2.19. The second kappa shape index (κ2) is 9.37. The Bertz CT molecular complexity index is 889. The average molecular weight is 533 g/mol. The predicted molar refractivity (Wildman–Crippen MR) is 119 cm³/mol. The second-order valence-electron chi connectivity index (χ2n) is 5.34. The number of benzene rings is 2. The van der Waals surface area contributed by atoms with Crippen LogP contribution in [0.2, 0.25) is 5.02 Å². The van der Waals surface area contributed by atoms with E-state index in [1.54, 1.807) is 36.8 Å². The standard InChI is InChI=1S/C18H13Br2ClN2OS2/c19-12-1-6-15(16(20)9-12)17(10-23-8-7-22-11-23)26-18(25)24-14-4-2-13(21)3-5-14/h1-9,11,17H,10H2. The van der Waals surface area contributed by atoms with E-state index in [1.807, 2.05) is 22.9 Å². The zero-order valence-electron chi connectivity index (χ0n) is 13.3. The van der Waals surface area contributed by atoms with E-state index in [9.17, 15) is 0 Å². The lowest BCUT2D eigenvalue weighted by Gasteiger charge is -2.19. The molecular weight excluding hydrogens is 520 g/mol. The highest BCUT2D eigenvalue weighted by atomic mass is 79.9. The van der Waals surface area contributed by atoms with Crippen LogP contribution in [0.25, 0.3) is 0 Å². The Kier molecular flexibility index (Phi) is 7.17. The van der Waals surface area contributed by atoms with Crippen LogP contribution in [0.4, 0.5) is 0 Å². The number of thioether (sulfide) groups is 1. The maximum Gasteiger partial charge on any atom is 0.226 e. The number of hydrogen-bond acceptors (Lipinski definition) is 4. The van der Waals surface area contributed by atoms with E-state index in [-0.39, 0.29) is 5.25 Å². The lowest BCUT2D eigenvalue weighted by Crippen LogP contribution is -2.10. The fourth-order valence-corrected chi connectivity index (χ4v) is 5.29. The SMILES string of the molecule is S=C(Oc1ccc(Cl)cc1)SC(Cn1ccnc1)c1ccc(Br)cc1Br. The van der Waals surface area contributed by atoms with E-state index >= 15 is 0 Å². The fraction of sp³-hybridized carbons (Fsp3) is 0.111. The maximum atomic E-state index is 5.91. The highest BCUT2D eigenvalue weighted by molar-refractivity contribution is 9.11. The summed E-state index contributed by atoms with van der Waals surface area (Å²) in [4.78, 5) is 4.12. The van der Waals surface area contributed by atoms with Crippen molar-refractivity contribution in [1.29, 1.82) is 0 Å². The van der Waals surface area contributed by atoms with Crippen LogP contribution < -0.4 is 4.74 Å². The summed E-state index contributed by atoms with van der Waals surface area (Å²) >= 11 is 20.0. The monoisotopic (exact) mass is 530 g/mol. The number of rotatable bonds is 5. The summed E-state index contributed by atoms with van der Waals surface area (Å²) in [5.41, 5.74) is 1.13. The van der Waals surface area contributed by atoms with Crippen LogP contribution >= 0.6 is 67.4 Å². The van der Waals surface area contributed by atoms with Crippen LogP contribution in [0.15, 0.2) is 70.1 Å². The molecule has 0 spiro atoms. The van der Waals surface area contributed by atoms with Gasteiger partial charge in [0.15, 0.2) is 0 Å². The number of nitrogens with zero attached hydrogens (tertiary/aromatic N) is 2. The molecular formula is C18H13Br2ClN2OS2. The molecule has 0 saturated carbocycles. The molecule has 1 heterocycles. The Hall–Kier alpha value is -0.860. The molecule has 1 atom stereocenters. The van der Waals surface area contributed by atoms with Crippen molar-refractivity contribution in [3.05, 3.63) is 80.7 Å². The molecule has 0 aliphatic carbocycles. The molecule has 0 N–H and O–H groups in total. The summed E-state index contributed by atoms with van der Waals surface area (Å²) in [6, 6.07) is 13.3. The first-order valence-electron chi connectivity index (χ1n) is 7.56. The van der Waals surface area contributed by atoms with E-state index in [2.05, 4.69) is 42.9 Å². The van der Waals surface area contributed by atoms with Gasteiger partial charge in [0, 0.05) is 32.9 Å². The van der Waals surface area contributed by atoms with Crippen molar-refractivity contribution < 1.29 is 4.74 Å². The van der Waals surface area contributed by atoms with Gasteiger partial charge in [-0.15, -0.1) is 0 Å². The van der Waals surface area contributed by atoms with Gasteiger partial charge in [-0.3, -0.25) is 0 Å². The normalized spacial score (nSPS) is 12.0. The molecule has 3 nitrogen and oxygen atoms in total. The Morgan fingerprint density at radius 2 is 2.00 bits per heavy atom. The molecule has 0 aliphatic rings. The molecule has 26 heavy (non-hydrogen) atoms. The molecule has 3 rings (SSSR count). The number of halogens is 3. The molecule has 0 aliphatic heterocycles. The van der Waals surface area contributed by atoms with Crippen molar-refractivity contribution in [3.63, 3.8) is 0 Å². The minimum absolute atomic E-state index is 0.0616. The van der Waals surface area contributed by atoms with E-state index in [4.69, 9.17) is 28.6 Å². The molecule has 0 bridgehead atoms. The molecule has 0 saturated heterocycles. The molecule has 0 radical (unpaired) electrons. The zero-order chi connectivity index (χ0) is 18.5. The summed E-state index contributed by atoms with van der Waals surface area (Å²) in [6.07, 6.45) is 5.49. The fourth-order valence-electron chi connectivity index (χ4n) is 2.29. The zero-order valence-corrected chi connectivity index (χ0v) is 18.9. The van der Waals surface area contributed by atoms with E-state index in [0.717, 1.165) is 21.1 Å². The lowest BCUT2D eigenvalue weighted by molar-refractivity contribution is 0.578. The van der Waals surface area contributed by atoms with Gasteiger partial charge in [0.25, 0.3) is 0 Å². The lowest BCUT2D eigenvalue weighted by atomic mass is 10.1. The second-order valence-corrected chi connectivity index (χ2v) is 9.35. The van der Waals surface area contributed by atoms with Gasteiger partial charge >= 0.3 is 0 Å². The first kappa shape index (κ1) is 19.9. The first-order valence-corrected chi connectivity index (χ1v) is 10.8. The van der Waals surface area contributed by atoms with Gasteiger partial charge in [-0.2, -0.15) is 0 Å². The molecule has 134 valence electrons. The summed E-state index contributed by atoms with van der Waals surface area (Å²) < 4.78 is 10.3. The molecule has 2 aromatic carbocycles. The minimum atomic E-state index is 0.0616. The summed E-state index contributed by atoms with van der Waals surface area (Å²) in [7, 11) is 0. The number of imidazole rings is 1. The first-order chi connectivity index (χ1) is 12.5. The van der Waals surface area contributed by atoms with E-state index < -0.39 is 0 Å². The molecule has 3 aromatic rings. The van der Waals surface area contributed by atoms with Gasteiger partial charge in [0.1, 0.15) is 5.75 Å². The third-order valence-corrected chi connectivity index (χ3v) is 6.27. The Labute approximate surface area is 183 Å². The van der Waals surface area contributed by atoms with Gasteiger partial charge in [-0.1, -0.05) is 61.3 Å². The molecule has 0 fully saturated rings. The number of thiocarbonyl (C=S) groups is 1. The number of ether oxygens (including phenoxy) is 1. The van der Waals surface area contributed by atoms with Gasteiger partial charge in [0.2, 0.25) is 4.38 Å². The van der Waals surface area contributed by atoms with Crippen LogP contribution in [-0.2, 0) is 6.54 Å². The molecule has 1 aromatic heterocycles. The largest absolute Gasteiger partial charge is 0.440 e. The minimum Gasteiger partial charge on any atom is -0.440 e. The van der Waals surface area contributed by atoms with Crippen molar-refractivity contribution in [1.82, 2.24) is 9.55 Å². The smallest absolute Gasteiger partial charge is 0.226 e. The summed E-state index contributed by atoms with van der Waals surface area (Å²) in [5.74, 6) is 0.670. The highest BCUT2D eigenvalue weighted by Crippen LogP contribution is 2.37. The van der Waals surface area contributed by atoms with Gasteiger partial charge < -0.3 is 9.30 Å².